The van der Waals surface area contributed by atoms with Gasteiger partial charge in [-0.25, -0.2) is 10.1 Å². The summed E-state index contributed by atoms with van der Waals surface area (Å²) in [4.78, 5) is 4.16. The van der Waals surface area contributed by atoms with E-state index < -0.39 is 6.29 Å². The highest BCUT2D eigenvalue weighted by Gasteiger charge is 2.25. The highest BCUT2D eigenvalue weighted by molar-refractivity contribution is 5.82. The van der Waals surface area contributed by atoms with Crippen LogP contribution in [0.3, 0.4) is 0 Å². The molecule has 0 bridgehead atoms. The number of hydrogen-bond donors (Lipinski definition) is 2. The molecule has 1 aliphatic carbocycles. The Morgan fingerprint density at radius 2 is 2.20 bits per heavy atom. The number of fused-ring (bicyclic) bond motifs is 1. The first-order valence-electron chi connectivity index (χ1n) is 6.72. The molecule has 2 aliphatic rings. The van der Waals surface area contributed by atoms with Gasteiger partial charge in [-0.1, -0.05) is 0 Å². The second-order valence-electron chi connectivity index (χ2n) is 5.13. The van der Waals surface area contributed by atoms with Gasteiger partial charge in [-0.3, -0.25) is 9.89 Å². The summed E-state index contributed by atoms with van der Waals surface area (Å²) in [5.74, 6) is 0. The molecular weight excluding hydrogens is 254 g/mol. The van der Waals surface area contributed by atoms with E-state index in [2.05, 4.69) is 26.2 Å². The number of rotatable bonds is 3. The van der Waals surface area contributed by atoms with Crippen LogP contribution in [0, 0.1) is 0 Å². The lowest BCUT2D eigenvalue weighted by Gasteiger charge is -2.24. The van der Waals surface area contributed by atoms with Gasteiger partial charge >= 0.3 is 0 Å². The minimum Gasteiger partial charge on any atom is -0.345 e. The van der Waals surface area contributed by atoms with E-state index in [9.17, 15) is 5.21 Å². The highest BCUT2D eigenvalue weighted by atomic mass is 16.5. The molecule has 4 rings (SSSR count). The van der Waals surface area contributed by atoms with Gasteiger partial charge in [0.1, 0.15) is 0 Å². The van der Waals surface area contributed by atoms with Gasteiger partial charge in [0.25, 0.3) is 0 Å². The van der Waals surface area contributed by atoms with Crippen LogP contribution in [0.5, 0.6) is 0 Å². The predicted molar refractivity (Wildman–Crippen MR) is 76.7 cm³/mol. The third-order valence-electron chi connectivity index (χ3n) is 3.59. The normalized spacial score (nSPS) is 21.6. The number of nitrogens with one attached hydrogen (secondary N) is 1. The van der Waals surface area contributed by atoms with Crippen LogP contribution in [-0.2, 0) is 0 Å². The molecule has 1 aliphatic heterocycles. The Morgan fingerprint density at radius 1 is 1.30 bits per heavy atom. The molecule has 20 heavy (non-hydrogen) atoms. The second-order valence-corrected chi connectivity index (χ2v) is 5.13. The molecule has 0 spiro atoms. The van der Waals surface area contributed by atoms with Crippen LogP contribution >= 0.6 is 0 Å². The van der Waals surface area contributed by atoms with Crippen LogP contribution in [-0.4, -0.2) is 32.6 Å². The SMILES string of the molecule is ON1C=CC=NC1Nc1ccc2c(cnn2C2CC2)c1. The first-order chi connectivity index (χ1) is 9.81. The molecule has 6 nitrogen and oxygen atoms in total. The van der Waals surface area contributed by atoms with Crippen molar-refractivity contribution in [2.45, 2.75) is 25.2 Å². The smallest absolute Gasteiger partial charge is 0.218 e. The Kier molecular flexibility index (Phi) is 2.50. The van der Waals surface area contributed by atoms with Crippen molar-refractivity contribution in [2.75, 3.05) is 5.32 Å². The lowest BCUT2D eigenvalue weighted by Crippen LogP contribution is -2.34. The van der Waals surface area contributed by atoms with Crippen molar-refractivity contribution in [3.63, 3.8) is 0 Å². The maximum absolute atomic E-state index is 9.68. The maximum Gasteiger partial charge on any atom is 0.218 e. The van der Waals surface area contributed by atoms with Crippen molar-refractivity contribution < 1.29 is 5.21 Å². The van der Waals surface area contributed by atoms with E-state index in [0.29, 0.717) is 6.04 Å². The summed E-state index contributed by atoms with van der Waals surface area (Å²) < 4.78 is 2.10. The molecule has 1 saturated carbocycles. The van der Waals surface area contributed by atoms with Gasteiger partial charge in [0.15, 0.2) is 0 Å². The van der Waals surface area contributed by atoms with Crippen LogP contribution in [0.15, 0.2) is 41.7 Å². The van der Waals surface area contributed by atoms with Gasteiger partial charge in [0, 0.05) is 23.5 Å². The molecule has 0 radical (unpaired) electrons. The molecule has 0 amide bonds. The van der Waals surface area contributed by atoms with Gasteiger partial charge in [-0.15, -0.1) is 0 Å². The Labute approximate surface area is 116 Å². The van der Waals surface area contributed by atoms with Crippen LogP contribution in [0.2, 0.25) is 0 Å². The van der Waals surface area contributed by atoms with Crippen molar-refractivity contribution in [1.82, 2.24) is 14.8 Å². The molecular formula is C14H15N5O. The monoisotopic (exact) mass is 269 g/mol. The summed E-state index contributed by atoms with van der Waals surface area (Å²) in [6.45, 7) is 0. The van der Waals surface area contributed by atoms with Crippen LogP contribution in [0.4, 0.5) is 5.69 Å². The number of hydrogen-bond acceptors (Lipinski definition) is 5. The molecule has 1 atom stereocenters. The highest BCUT2D eigenvalue weighted by Crippen LogP contribution is 2.37. The van der Waals surface area contributed by atoms with Crippen LogP contribution in [0.1, 0.15) is 18.9 Å². The van der Waals surface area contributed by atoms with Crippen molar-refractivity contribution in [3.05, 3.63) is 36.7 Å². The largest absolute Gasteiger partial charge is 0.345 e. The number of aromatic nitrogens is 2. The van der Waals surface area contributed by atoms with E-state index in [4.69, 9.17) is 0 Å². The average Bonchev–Trinajstić information content (AvgIpc) is 3.22. The molecule has 1 aromatic heterocycles. The number of anilines is 1. The predicted octanol–water partition coefficient (Wildman–Crippen LogP) is 2.36. The molecule has 1 fully saturated rings. The van der Waals surface area contributed by atoms with Crippen molar-refractivity contribution >= 4 is 22.8 Å². The first kappa shape index (κ1) is 11.5. The quantitative estimate of drug-likeness (QED) is 0.897. The van der Waals surface area contributed by atoms with Crippen molar-refractivity contribution in [1.29, 1.82) is 0 Å². The zero-order valence-corrected chi connectivity index (χ0v) is 10.8. The molecule has 2 aromatic rings. The van der Waals surface area contributed by atoms with Gasteiger partial charge in [-0.2, -0.15) is 5.10 Å². The fourth-order valence-corrected chi connectivity index (χ4v) is 2.41. The Morgan fingerprint density at radius 3 is 3.00 bits per heavy atom. The van der Waals surface area contributed by atoms with E-state index in [-0.39, 0.29) is 0 Å². The number of allylic oxidation sites excluding steroid dienone is 1. The summed E-state index contributed by atoms with van der Waals surface area (Å²) in [6, 6.07) is 6.66. The van der Waals surface area contributed by atoms with E-state index in [1.165, 1.54) is 12.8 Å². The van der Waals surface area contributed by atoms with Crippen molar-refractivity contribution in [2.24, 2.45) is 4.99 Å². The second kappa shape index (κ2) is 4.35. The lowest BCUT2D eigenvalue weighted by molar-refractivity contribution is -0.0685. The Bertz CT molecular complexity index is 701. The zero-order chi connectivity index (χ0) is 13.5. The number of aliphatic imine (C=N–C) groups is 1. The topological polar surface area (TPSA) is 65.7 Å². The summed E-state index contributed by atoms with van der Waals surface area (Å²) in [6.07, 6.45) is 8.75. The fraction of sp³-hybridized carbons (Fsp3) is 0.286. The third kappa shape index (κ3) is 1.94. The molecule has 1 unspecified atom stereocenters. The molecule has 0 saturated heterocycles. The van der Waals surface area contributed by atoms with E-state index in [0.717, 1.165) is 21.7 Å². The number of benzene rings is 1. The van der Waals surface area contributed by atoms with Gasteiger partial charge in [0.2, 0.25) is 6.29 Å². The van der Waals surface area contributed by atoms with Crippen LogP contribution in [0.25, 0.3) is 10.9 Å². The number of nitrogens with zero attached hydrogens (tertiary/aromatic N) is 4. The minimum atomic E-state index is -0.490. The van der Waals surface area contributed by atoms with Gasteiger partial charge in [0.05, 0.1) is 17.8 Å². The minimum absolute atomic E-state index is 0.490. The zero-order valence-electron chi connectivity index (χ0n) is 10.8. The van der Waals surface area contributed by atoms with Gasteiger partial charge < -0.3 is 5.32 Å². The van der Waals surface area contributed by atoms with E-state index >= 15 is 0 Å². The fourth-order valence-electron chi connectivity index (χ4n) is 2.41. The summed E-state index contributed by atoms with van der Waals surface area (Å²) in [5, 5.41) is 19.4. The van der Waals surface area contributed by atoms with Gasteiger partial charge in [-0.05, 0) is 37.1 Å². The standard InChI is InChI=1S/C14H15N5O/c20-18-7-1-6-15-14(18)17-11-2-5-13-10(8-11)9-16-19(13)12-3-4-12/h1-2,5-9,12,14,17,20H,3-4H2. The van der Waals surface area contributed by atoms with Crippen LogP contribution < -0.4 is 5.32 Å². The lowest BCUT2D eigenvalue weighted by atomic mass is 10.2. The Balaban J connectivity index is 1.61. The summed E-state index contributed by atoms with van der Waals surface area (Å²) in [7, 11) is 0. The van der Waals surface area contributed by atoms with Crippen molar-refractivity contribution in [3.8, 4) is 0 Å². The average molecular weight is 269 g/mol. The molecule has 6 heteroatoms. The summed E-state index contributed by atoms with van der Waals surface area (Å²) >= 11 is 0. The molecule has 102 valence electrons. The first-order valence-corrected chi connectivity index (χ1v) is 6.72. The molecule has 2 N–H and O–H groups in total. The molecule has 2 heterocycles. The number of hydroxylamine groups is 2. The van der Waals surface area contributed by atoms with E-state index in [1.54, 1.807) is 18.5 Å². The van der Waals surface area contributed by atoms with E-state index in [1.807, 2.05) is 18.3 Å². The Hall–Kier alpha value is -2.34. The maximum atomic E-state index is 9.68. The summed E-state index contributed by atoms with van der Waals surface area (Å²) in [5.41, 5.74) is 2.07. The third-order valence-corrected chi connectivity index (χ3v) is 3.59. The molecule has 1 aromatic carbocycles.